The maximum Gasteiger partial charge on any atom is 1.00 e. The summed E-state index contributed by atoms with van der Waals surface area (Å²) in [6, 6.07) is 12.5. The molecule has 0 fully saturated rings. The van der Waals surface area contributed by atoms with Gasteiger partial charge in [-0.3, -0.25) is 4.79 Å². The third-order valence-electron chi connectivity index (χ3n) is 4.86. The number of nitrogens with zero attached hydrogens (tertiary/aromatic N) is 1. The van der Waals surface area contributed by atoms with Crippen molar-refractivity contribution in [3.8, 4) is 0 Å². The molecule has 7 nitrogen and oxygen atoms in total. The number of aliphatic carboxylic acids is 1. The average Bonchev–Trinajstić information content (AvgIpc) is 3.05. The molecule has 3 rings (SSSR count). The molecule has 0 saturated heterocycles. The van der Waals surface area contributed by atoms with Gasteiger partial charge in [-0.25, -0.2) is 8.42 Å². The molecule has 0 aliphatic rings. The number of hydrogen-bond donors (Lipinski definition) is 1. The zero-order valence-electron chi connectivity index (χ0n) is 16.8. The van der Waals surface area contributed by atoms with Crippen LogP contribution in [0.2, 0.25) is 5.02 Å². The van der Waals surface area contributed by atoms with E-state index in [-0.39, 0.29) is 47.4 Å². The van der Waals surface area contributed by atoms with E-state index in [1.54, 1.807) is 35.0 Å². The number of aliphatic hydroxyl groups excluding tert-OH is 1. The van der Waals surface area contributed by atoms with Crippen molar-refractivity contribution in [3.05, 3.63) is 65.3 Å². The van der Waals surface area contributed by atoms with E-state index in [9.17, 15) is 28.2 Å². The SMILES string of the molecule is O=Cc1cn(CC(O)CC(CC(=O)[O-])S(=O)(=O)c2ccc(Cl)cc2)c2ccccc12.[Na+]. The second-order valence-corrected chi connectivity index (χ2v) is 9.62. The van der Waals surface area contributed by atoms with Crippen LogP contribution in [0.5, 0.6) is 0 Å². The second kappa shape index (κ2) is 10.8. The summed E-state index contributed by atoms with van der Waals surface area (Å²) in [5.41, 5.74) is 1.15. The van der Waals surface area contributed by atoms with Crippen molar-refractivity contribution in [3.63, 3.8) is 0 Å². The molecule has 1 heterocycles. The van der Waals surface area contributed by atoms with E-state index >= 15 is 0 Å². The maximum absolute atomic E-state index is 12.9. The molecule has 0 saturated carbocycles. The number of sulfone groups is 1. The predicted octanol–water partition coefficient (Wildman–Crippen LogP) is -1.16. The summed E-state index contributed by atoms with van der Waals surface area (Å²) < 4.78 is 27.5. The summed E-state index contributed by atoms with van der Waals surface area (Å²) in [4.78, 5) is 22.4. The summed E-state index contributed by atoms with van der Waals surface area (Å²) in [6.45, 7) is -0.00591. The van der Waals surface area contributed by atoms with Crippen LogP contribution in [0.4, 0.5) is 0 Å². The molecule has 0 amide bonds. The number of rotatable bonds is 9. The summed E-state index contributed by atoms with van der Waals surface area (Å²) in [7, 11) is -4.05. The van der Waals surface area contributed by atoms with Gasteiger partial charge >= 0.3 is 29.6 Å². The number of carbonyl (C=O) groups excluding carboxylic acids is 2. The third-order valence-corrected chi connectivity index (χ3v) is 7.28. The van der Waals surface area contributed by atoms with Gasteiger partial charge in [0.2, 0.25) is 0 Å². The van der Waals surface area contributed by atoms with Gasteiger partial charge in [0.15, 0.2) is 16.1 Å². The number of carboxylic acid groups (broad SMARTS) is 1. The maximum atomic E-state index is 12.9. The monoisotopic (exact) mass is 471 g/mol. The van der Waals surface area contributed by atoms with Crippen LogP contribution in [0.3, 0.4) is 0 Å². The minimum Gasteiger partial charge on any atom is -0.550 e. The van der Waals surface area contributed by atoms with Crippen LogP contribution in [-0.2, 0) is 21.2 Å². The van der Waals surface area contributed by atoms with E-state index < -0.39 is 33.6 Å². The van der Waals surface area contributed by atoms with E-state index in [0.717, 1.165) is 0 Å². The Morgan fingerprint density at radius 3 is 2.42 bits per heavy atom. The molecule has 158 valence electrons. The molecule has 2 unspecified atom stereocenters. The zero-order valence-corrected chi connectivity index (χ0v) is 20.3. The predicted molar refractivity (Wildman–Crippen MR) is 110 cm³/mol. The van der Waals surface area contributed by atoms with Gasteiger partial charge in [0, 0.05) is 46.6 Å². The molecule has 2 aromatic carbocycles. The van der Waals surface area contributed by atoms with Crippen LogP contribution in [0.1, 0.15) is 23.2 Å². The van der Waals surface area contributed by atoms with Crippen molar-refractivity contribution in [2.75, 3.05) is 0 Å². The van der Waals surface area contributed by atoms with Gasteiger partial charge in [-0.1, -0.05) is 29.8 Å². The smallest absolute Gasteiger partial charge is 0.550 e. The van der Waals surface area contributed by atoms with Crippen molar-refractivity contribution >= 4 is 44.6 Å². The first-order chi connectivity index (χ1) is 14.2. The summed E-state index contributed by atoms with van der Waals surface area (Å²) in [6.07, 6.45) is 0.0274. The largest absolute Gasteiger partial charge is 1.00 e. The van der Waals surface area contributed by atoms with Crippen molar-refractivity contribution < 1.29 is 57.8 Å². The fourth-order valence-corrected chi connectivity index (χ4v) is 5.30. The number of aldehydes is 1. The number of fused-ring (bicyclic) bond motifs is 1. The fourth-order valence-electron chi connectivity index (χ4n) is 3.45. The molecule has 1 aromatic heterocycles. The number of para-hydroxylation sites is 1. The van der Waals surface area contributed by atoms with E-state index in [1.165, 1.54) is 24.3 Å². The molecule has 31 heavy (non-hydrogen) atoms. The summed E-state index contributed by atoms with van der Waals surface area (Å²) >= 11 is 5.80. The van der Waals surface area contributed by atoms with Gasteiger partial charge in [-0.15, -0.1) is 0 Å². The number of aromatic nitrogens is 1. The van der Waals surface area contributed by atoms with E-state index in [1.807, 2.05) is 0 Å². The minimum atomic E-state index is -4.05. The molecule has 10 heteroatoms. The number of halogens is 1. The summed E-state index contributed by atoms with van der Waals surface area (Å²) in [5, 5.41) is 21.4. The third kappa shape index (κ3) is 5.97. The number of carboxylic acids is 1. The molecule has 0 bridgehead atoms. The standard InChI is InChI=1S/C21H20ClNO6S.Na/c22-15-5-7-17(8-6-15)30(28,29)18(10-21(26)27)9-16(25)12-23-11-14(13-24)19-3-1-2-4-20(19)23;/h1-8,11,13,16,18,25H,9-10,12H2,(H,26,27);/q;+1/p-1. The molecule has 1 N–H and O–H groups in total. The second-order valence-electron chi connectivity index (χ2n) is 6.96. The Kier molecular flexibility index (Phi) is 8.88. The first-order valence-corrected chi connectivity index (χ1v) is 11.0. The van der Waals surface area contributed by atoms with Gasteiger partial charge in [0.1, 0.15) is 0 Å². The van der Waals surface area contributed by atoms with Crippen LogP contribution in [0.15, 0.2) is 59.6 Å². The Bertz CT molecular complexity index is 1180. The van der Waals surface area contributed by atoms with E-state index in [4.69, 9.17) is 11.6 Å². The Hall–Kier alpha value is -1.68. The van der Waals surface area contributed by atoms with Crippen LogP contribution in [-0.4, -0.2) is 41.7 Å². The van der Waals surface area contributed by atoms with Crippen LogP contribution in [0.25, 0.3) is 10.9 Å². The number of benzene rings is 2. The number of carbonyl (C=O) groups is 2. The molecule has 0 aliphatic carbocycles. The van der Waals surface area contributed by atoms with Crippen LogP contribution < -0.4 is 34.7 Å². The molecule has 0 spiro atoms. The van der Waals surface area contributed by atoms with Crippen molar-refractivity contribution in [2.24, 2.45) is 0 Å². The first-order valence-electron chi connectivity index (χ1n) is 9.12. The zero-order chi connectivity index (χ0) is 21.9. The Labute approximate surface area is 206 Å². The summed E-state index contributed by atoms with van der Waals surface area (Å²) in [5.74, 6) is -1.53. The Morgan fingerprint density at radius 1 is 1.16 bits per heavy atom. The Balaban J connectivity index is 0.00000341. The van der Waals surface area contributed by atoms with Crippen LogP contribution >= 0.6 is 11.6 Å². The van der Waals surface area contributed by atoms with Crippen LogP contribution in [0, 0.1) is 0 Å². The molecular weight excluding hydrogens is 453 g/mol. The fraction of sp³-hybridized carbons (Fsp3) is 0.238. The average molecular weight is 472 g/mol. The molecule has 2 atom stereocenters. The normalized spacial score (nSPS) is 13.4. The number of hydrogen-bond acceptors (Lipinski definition) is 6. The van der Waals surface area contributed by atoms with Gasteiger partial charge in [0.25, 0.3) is 0 Å². The van der Waals surface area contributed by atoms with Crippen molar-refractivity contribution in [2.45, 2.75) is 35.6 Å². The molecule has 0 radical (unpaired) electrons. The van der Waals surface area contributed by atoms with Gasteiger partial charge in [-0.2, -0.15) is 0 Å². The molecule has 3 aromatic rings. The topological polar surface area (TPSA) is 116 Å². The first kappa shape index (κ1) is 25.6. The van der Waals surface area contributed by atoms with Crippen molar-refractivity contribution in [1.82, 2.24) is 4.57 Å². The molecular formula is C21H19ClNNaO6S. The van der Waals surface area contributed by atoms with E-state index in [2.05, 4.69) is 0 Å². The van der Waals surface area contributed by atoms with Crippen molar-refractivity contribution in [1.29, 1.82) is 0 Å². The Morgan fingerprint density at radius 2 is 1.81 bits per heavy atom. The quantitative estimate of drug-likeness (QED) is 0.311. The van der Waals surface area contributed by atoms with Gasteiger partial charge in [0.05, 0.1) is 16.2 Å². The van der Waals surface area contributed by atoms with E-state index in [0.29, 0.717) is 27.8 Å². The number of aliphatic hydroxyl groups is 1. The van der Waals surface area contributed by atoms with Gasteiger partial charge in [-0.05, 0) is 36.8 Å². The van der Waals surface area contributed by atoms with Gasteiger partial charge < -0.3 is 19.6 Å². The molecule has 0 aliphatic heterocycles. The minimum absolute atomic E-state index is 0.